The van der Waals surface area contributed by atoms with Gasteiger partial charge in [-0.05, 0) is 27.0 Å². The maximum atomic E-state index is 11.4. The fourth-order valence-electron chi connectivity index (χ4n) is 1.86. The van der Waals surface area contributed by atoms with E-state index in [4.69, 9.17) is 22.1 Å². The molecule has 7 nitrogen and oxygen atoms in total. The molecule has 0 fully saturated rings. The van der Waals surface area contributed by atoms with Crippen LogP contribution in [0.1, 0.15) is 20.3 Å². The monoisotopic (exact) mass is 315 g/mol. The van der Waals surface area contributed by atoms with E-state index in [-0.39, 0.29) is 22.9 Å². The Balaban J connectivity index is 2.88. The maximum absolute atomic E-state index is 11.4. The van der Waals surface area contributed by atoms with Crippen molar-refractivity contribution in [3.63, 3.8) is 0 Å². The molecule has 0 heterocycles. The van der Waals surface area contributed by atoms with Crippen LogP contribution in [0.15, 0.2) is 18.2 Å². The van der Waals surface area contributed by atoms with Crippen LogP contribution in [0.2, 0.25) is 5.02 Å². The zero-order valence-electron chi connectivity index (χ0n) is 12.1. The summed E-state index contributed by atoms with van der Waals surface area (Å²) in [5, 5.41) is 13.9. The van der Waals surface area contributed by atoms with Crippen molar-refractivity contribution in [3.05, 3.63) is 33.3 Å². The van der Waals surface area contributed by atoms with Gasteiger partial charge in [0.15, 0.2) is 0 Å². The van der Waals surface area contributed by atoms with Crippen LogP contribution in [0.5, 0.6) is 5.75 Å². The molecule has 2 atom stereocenters. The van der Waals surface area contributed by atoms with Gasteiger partial charge in [-0.25, -0.2) is 0 Å². The van der Waals surface area contributed by atoms with E-state index in [1.54, 1.807) is 20.9 Å². The van der Waals surface area contributed by atoms with Gasteiger partial charge in [-0.1, -0.05) is 11.6 Å². The highest BCUT2D eigenvalue weighted by Crippen LogP contribution is 2.30. The third kappa shape index (κ3) is 4.30. The first kappa shape index (κ1) is 17.2. The van der Waals surface area contributed by atoms with Crippen molar-refractivity contribution in [2.24, 2.45) is 5.73 Å². The van der Waals surface area contributed by atoms with Gasteiger partial charge in [-0.2, -0.15) is 0 Å². The highest BCUT2D eigenvalue weighted by Gasteiger charge is 2.32. The number of carbonyl (C=O) groups excluding carboxylic acids is 1. The number of nitro benzene ring substituents is 1. The van der Waals surface area contributed by atoms with Crippen LogP contribution in [-0.2, 0) is 4.79 Å². The second-order valence-electron chi connectivity index (χ2n) is 4.95. The Morgan fingerprint density at radius 3 is 2.71 bits per heavy atom. The normalized spacial score (nSPS) is 15.0. The summed E-state index contributed by atoms with van der Waals surface area (Å²) >= 11 is 5.96. The van der Waals surface area contributed by atoms with Crippen LogP contribution in [0.3, 0.4) is 0 Å². The van der Waals surface area contributed by atoms with Gasteiger partial charge in [-0.15, -0.1) is 0 Å². The minimum absolute atomic E-state index is 0.118. The van der Waals surface area contributed by atoms with Crippen molar-refractivity contribution in [3.8, 4) is 5.75 Å². The highest BCUT2D eigenvalue weighted by atomic mass is 35.5. The summed E-state index contributed by atoms with van der Waals surface area (Å²) in [6.07, 6.45) is -0.132. The van der Waals surface area contributed by atoms with Gasteiger partial charge in [0.2, 0.25) is 5.91 Å². The summed E-state index contributed by atoms with van der Waals surface area (Å²) < 4.78 is 5.60. The molecular weight excluding hydrogens is 298 g/mol. The Kier molecular flexibility index (Phi) is 5.51. The minimum atomic E-state index is -0.938. The van der Waals surface area contributed by atoms with Gasteiger partial charge in [0, 0.05) is 12.5 Å². The summed E-state index contributed by atoms with van der Waals surface area (Å²) in [6.45, 7) is 3.39. The Morgan fingerprint density at radius 1 is 1.62 bits per heavy atom. The Hall–Kier alpha value is -1.86. The lowest BCUT2D eigenvalue weighted by Gasteiger charge is -2.29. The Labute approximate surface area is 127 Å². The lowest BCUT2D eigenvalue weighted by atomic mass is 9.94. The number of hydrogen-bond donors (Lipinski definition) is 2. The van der Waals surface area contributed by atoms with Crippen LogP contribution in [0.25, 0.3) is 0 Å². The highest BCUT2D eigenvalue weighted by molar-refractivity contribution is 6.32. The number of non-ortho nitro benzene ring substituents is 1. The largest absolute Gasteiger partial charge is 0.489 e. The first-order valence-electron chi connectivity index (χ1n) is 6.29. The number of nitrogens with one attached hydrogen (secondary N) is 1. The van der Waals surface area contributed by atoms with E-state index in [0.29, 0.717) is 0 Å². The van der Waals surface area contributed by atoms with Crippen LogP contribution in [-0.4, -0.2) is 29.5 Å². The molecule has 0 aliphatic heterocycles. The van der Waals surface area contributed by atoms with Gasteiger partial charge in [0.1, 0.15) is 5.75 Å². The smallest absolute Gasteiger partial charge is 0.273 e. The fourth-order valence-corrected chi connectivity index (χ4v) is 2.02. The molecule has 2 unspecified atom stereocenters. The summed E-state index contributed by atoms with van der Waals surface area (Å²) in [5.74, 6) is -0.313. The van der Waals surface area contributed by atoms with Gasteiger partial charge >= 0.3 is 0 Å². The second-order valence-corrected chi connectivity index (χ2v) is 5.36. The molecule has 3 N–H and O–H groups in total. The number of rotatable bonds is 7. The van der Waals surface area contributed by atoms with E-state index >= 15 is 0 Å². The lowest BCUT2D eigenvalue weighted by molar-refractivity contribution is -0.384. The number of benzene rings is 1. The number of halogens is 1. The molecule has 8 heteroatoms. The molecule has 0 spiro atoms. The molecule has 0 aliphatic carbocycles. The molecule has 1 aromatic rings. The standard InChI is InChI=1S/C13H18ClN3O4/c1-8(7-13(2,16-3)12(15)18)21-11-6-9(17(19)20)4-5-10(11)14/h4-6,8,16H,7H2,1-3H3,(H2,15,18). The summed E-state index contributed by atoms with van der Waals surface area (Å²) in [7, 11) is 1.62. The molecule has 0 radical (unpaired) electrons. The quantitative estimate of drug-likeness (QED) is 0.590. The van der Waals surface area contributed by atoms with Crippen molar-refractivity contribution >= 4 is 23.2 Å². The zero-order chi connectivity index (χ0) is 16.2. The fraction of sp³-hybridized carbons (Fsp3) is 0.462. The second kappa shape index (κ2) is 6.73. The van der Waals surface area contributed by atoms with E-state index in [9.17, 15) is 14.9 Å². The number of likely N-dealkylation sites (N-methyl/N-ethyl adjacent to an activating group) is 1. The number of nitro groups is 1. The summed E-state index contributed by atoms with van der Waals surface area (Å²) in [6, 6.07) is 3.94. The number of primary amides is 1. The van der Waals surface area contributed by atoms with E-state index in [2.05, 4.69) is 5.32 Å². The van der Waals surface area contributed by atoms with Crippen molar-refractivity contribution < 1.29 is 14.5 Å². The maximum Gasteiger partial charge on any atom is 0.273 e. The third-order valence-corrected chi connectivity index (χ3v) is 3.56. The number of amides is 1. The lowest BCUT2D eigenvalue weighted by Crippen LogP contribution is -2.53. The number of ether oxygens (including phenoxy) is 1. The Morgan fingerprint density at radius 2 is 2.24 bits per heavy atom. The van der Waals surface area contributed by atoms with Crippen molar-refractivity contribution in [1.29, 1.82) is 0 Å². The van der Waals surface area contributed by atoms with Crippen LogP contribution >= 0.6 is 11.6 Å². The van der Waals surface area contributed by atoms with Crippen LogP contribution in [0.4, 0.5) is 5.69 Å². The van der Waals surface area contributed by atoms with E-state index in [1.165, 1.54) is 18.2 Å². The molecule has 0 saturated heterocycles. The number of carbonyl (C=O) groups is 1. The average molecular weight is 316 g/mol. The number of nitrogens with zero attached hydrogens (tertiary/aromatic N) is 1. The van der Waals surface area contributed by atoms with Gasteiger partial charge in [0.05, 0.1) is 27.7 Å². The molecule has 0 aliphatic rings. The van der Waals surface area contributed by atoms with Crippen LogP contribution < -0.4 is 15.8 Å². The number of nitrogens with two attached hydrogens (primary N) is 1. The molecule has 116 valence electrons. The number of hydrogen-bond acceptors (Lipinski definition) is 5. The minimum Gasteiger partial charge on any atom is -0.489 e. The van der Waals surface area contributed by atoms with Gasteiger partial charge in [-0.3, -0.25) is 14.9 Å². The molecule has 0 bridgehead atoms. The SMILES string of the molecule is CNC(C)(CC(C)Oc1cc([N+](=O)[O-])ccc1Cl)C(N)=O. The van der Waals surface area contributed by atoms with Crippen molar-refractivity contribution in [1.82, 2.24) is 5.32 Å². The molecule has 1 amide bonds. The predicted octanol–water partition coefficient (Wildman–Crippen LogP) is 1.87. The molecule has 1 aromatic carbocycles. The van der Waals surface area contributed by atoms with E-state index < -0.39 is 22.5 Å². The first-order valence-corrected chi connectivity index (χ1v) is 6.67. The first-order chi connectivity index (χ1) is 9.69. The summed E-state index contributed by atoms with van der Waals surface area (Å²) in [5.41, 5.74) is 4.29. The Bertz CT molecular complexity index is 552. The third-order valence-electron chi connectivity index (χ3n) is 3.25. The topological polar surface area (TPSA) is 107 Å². The summed E-state index contributed by atoms with van der Waals surface area (Å²) in [4.78, 5) is 21.7. The van der Waals surface area contributed by atoms with Gasteiger partial charge in [0.25, 0.3) is 5.69 Å². The van der Waals surface area contributed by atoms with E-state index in [0.717, 1.165) is 0 Å². The average Bonchev–Trinajstić information content (AvgIpc) is 2.40. The predicted molar refractivity (Wildman–Crippen MR) is 79.5 cm³/mol. The van der Waals surface area contributed by atoms with Crippen molar-refractivity contribution in [2.75, 3.05) is 7.05 Å². The van der Waals surface area contributed by atoms with Gasteiger partial charge < -0.3 is 15.8 Å². The van der Waals surface area contributed by atoms with Crippen LogP contribution in [0, 0.1) is 10.1 Å². The molecule has 21 heavy (non-hydrogen) atoms. The molecular formula is C13H18ClN3O4. The molecule has 0 saturated carbocycles. The van der Waals surface area contributed by atoms with E-state index in [1.807, 2.05) is 0 Å². The molecule has 0 aromatic heterocycles. The van der Waals surface area contributed by atoms with Crippen molar-refractivity contribution in [2.45, 2.75) is 31.9 Å². The molecule has 1 rings (SSSR count). The zero-order valence-corrected chi connectivity index (χ0v) is 12.8.